The first-order valence-electron chi connectivity index (χ1n) is 15.1. The number of rotatable bonds is 8. The Morgan fingerprint density at radius 3 is 0.872 bits per heavy atom. The number of benzene rings is 3. The van der Waals surface area contributed by atoms with E-state index in [1.165, 1.54) is 46.2 Å². The smallest absolute Gasteiger partial charge is 0.0141 e. The quantitative estimate of drug-likeness (QED) is 0.271. The molecule has 3 rings (SSSR count). The number of hydrogen-bond acceptors (Lipinski definition) is 0. The van der Waals surface area contributed by atoms with E-state index in [4.69, 9.17) is 0 Å². The third-order valence-electron chi connectivity index (χ3n) is 8.10. The van der Waals surface area contributed by atoms with E-state index in [0.717, 1.165) is 29.6 Å². The molecule has 0 saturated heterocycles. The average Bonchev–Trinajstić information content (AvgIpc) is 2.87. The second-order valence-electron chi connectivity index (χ2n) is 12.3. The van der Waals surface area contributed by atoms with Crippen molar-refractivity contribution in [1.82, 2.24) is 0 Å². The Kier molecular flexibility index (Phi) is 17.7. The summed E-state index contributed by atoms with van der Waals surface area (Å²) in [5, 5.41) is 0. The second kappa shape index (κ2) is 18.9. The normalized spacial score (nSPS) is 13.0. The Morgan fingerprint density at radius 1 is 0.410 bits per heavy atom. The van der Waals surface area contributed by atoms with Gasteiger partial charge in [-0.05, 0) is 85.8 Å². The lowest BCUT2D eigenvalue weighted by atomic mass is 9.86. The molecule has 0 aliphatic carbocycles. The molecule has 3 aromatic carbocycles. The average molecular weight is 531 g/mol. The summed E-state index contributed by atoms with van der Waals surface area (Å²) in [5.74, 6) is 4.33. The van der Waals surface area contributed by atoms with Crippen molar-refractivity contribution < 1.29 is 0 Å². The predicted molar refractivity (Wildman–Crippen MR) is 179 cm³/mol. The fourth-order valence-electron chi connectivity index (χ4n) is 5.07. The molecule has 218 valence electrons. The maximum atomic E-state index is 2.30. The molecular weight excluding hydrogens is 468 g/mol. The Hall–Kier alpha value is -2.34. The summed E-state index contributed by atoms with van der Waals surface area (Å²) in [6.45, 7) is 27.0. The molecule has 3 atom stereocenters. The molecule has 39 heavy (non-hydrogen) atoms. The van der Waals surface area contributed by atoms with E-state index in [0.29, 0.717) is 5.92 Å². The number of aryl methyl sites for hydroxylation is 3. The van der Waals surface area contributed by atoms with E-state index >= 15 is 0 Å². The molecular formula is C39H62. The van der Waals surface area contributed by atoms with Gasteiger partial charge in [0.2, 0.25) is 0 Å². The van der Waals surface area contributed by atoms with Gasteiger partial charge in [-0.1, -0.05) is 159 Å². The third-order valence-corrected chi connectivity index (χ3v) is 8.10. The van der Waals surface area contributed by atoms with E-state index in [-0.39, 0.29) is 7.43 Å². The fourth-order valence-corrected chi connectivity index (χ4v) is 5.07. The van der Waals surface area contributed by atoms with Crippen molar-refractivity contribution in [2.75, 3.05) is 0 Å². The Bertz CT molecular complexity index is 930. The zero-order valence-corrected chi connectivity index (χ0v) is 26.8. The van der Waals surface area contributed by atoms with E-state index in [2.05, 4.69) is 156 Å². The maximum absolute atomic E-state index is 2.30. The van der Waals surface area contributed by atoms with E-state index in [1.54, 1.807) is 0 Å². The standard InChI is InChI=1S/2C13H20.C12H18.CH4/c2*1-5-13(10(2)3)12-8-6-11(4)7-9-12;1-9(2)11(4)12-7-5-10(3)6-8-12;/h2*6-10,13H,5H2,1-4H3;5-9,11H,1-4H3;1H4. The first-order chi connectivity index (χ1) is 17.9. The first kappa shape index (κ1) is 36.7. The van der Waals surface area contributed by atoms with Gasteiger partial charge in [0, 0.05) is 0 Å². The largest absolute Gasteiger partial charge is 0.0776 e. The Morgan fingerprint density at radius 2 is 0.667 bits per heavy atom. The summed E-state index contributed by atoms with van der Waals surface area (Å²) in [4.78, 5) is 0. The van der Waals surface area contributed by atoms with E-state index in [1.807, 2.05) is 0 Å². The van der Waals surface area contributed by atoms with Gasteiger partial charge >= 0.3 is 0 Å². The summed E-state index contributed by atoms with van der Waals surface area (Å²) >= 11 is 0. The van der Waals surface area contributed by atoms with Gasteiger partial charge in [-0.2, -0.15) is 0 Å². The van der Waals surface area contributed by atoms with Gasteiger partial charge in [-0.15, -0.1) is 0 Å². The van der Waals surface area contributed by atoms with Gasteiger partial charge in [-0.25, -0.2) is 0 Å². The topological polar surface area (TPSA) is 0 Å². The van der Waals surface area contributed by atoms with Crippen LogP contribution in [0.5, 0.6) is 0 Å². The van der Waals surface area contributed by atoms with Gasteiger partial charge in [0.05, 0.1) is 0 Å². The number of hydrogen-bond donors (Lipinski definition) is 0. The first-order valence-corrected chi connectivity index (χ1v) is 15.1. The molecule has 0 aliphatic rings. The molecule has 0 nitrogen and oxygen atoms in total. The highest BCUT2D eigenvalue weighted by Gasteiger charge is 2.13. The fraction of sp³-hybridized carbons (Fsp3) is 0.538. The van der Waals surface area contributed by atoms with Crippen molar-refractivity contribution in [3.05, 3.63) is 106 Å². The van der Waals surface area contributed by atoms with E-state index < -0.39 is 0 Å². The second-order valence-corrected chi connectivity index (χ2v) is 12.3. The van der Waals surface area contributed by atoms with Crippen LogP contribution in [0, 0.1) is 38.5 Å². The molecule has 3 unspecified atom stereocenters. The minimum atomic E-state index is 0. The van der Waals surface area contributed by atoms with Crippen molar-refractivity contribution >= 4 is 0 Å². The van der Waals surface area contributed by atoms with Gasteiger partial charge in [0.25, 0.3) is 0 Å². The van der Waals surface area contributed by atoms with Gasteiger partial charge in [0.1, 0.15) is 0 Å². The van der Waals surface area contributed by atoms with Crippen LogP contribution in [-0.2, 0) is 0 Å². The summed E-state index contributed by atoms with van der Waals surface area (Å²) in [5.41, 5.74) is 8.47. The highest BCUT2D eigenvalue weighted by molar-refractivity contribution is 5.26. The minimum Gasteiger partial charge on any atom is -0.0776 e. The van der Waals surface area contributed by atoms with Crippen LogP contribution >= 0.6 is 0 Å². The van der Waals surface area contributed by atoms with Gasteiger partial charge in [-0.3, -0.25) is 0 Å². The van der Waals surface area contributed by atoms with Crippen LogP contribution in [0.15, 0.2) is 72.8 Å². The molecule has 0 saturated carbocycles. The van der Waals surface area contributed by atoms with Crippen molar-refractivity contribution in [2.24, 2.45) is 17.8 Å². The summed E-state index contributed by atoms with van der Waals surface area (Å²) < 4.78 is 0. The Labute approximate surface area is 244 Å². The van der Waals surface area contributed by atoms with Crippen LogP contribution in [-0.4, -0.2) is 0 Å². The molecule has 0 amide bonds. The van der Waals surface area contributed by atoms with Gasteiger partial charge in [0.15, 0.2) is 0 Å². The summed E-state index contributed by atoms with van der Waals surface area (Å²) in [7, 11) is 0. The zero-order valence-electron chi connectivity index (χ0n) is 26.8. The molecule has 0 N–H and O–H groups in total. The third kappa shape index (κ3) is 13.0. The monoisotopic (exact) mass is 530 g/mol. The van der Waals surface area contributed by atoms with Crippen molar-refractivity contribution in [1.29, 1.82) is 0 Å². The highest BCUT2D eigenvalue weighted by Crippen LogP contribution is 2.28. The molecule has 0 fully saturated rings. The van der Waals surface area contributed by atoms with Crippen molar-refractivity contribution in [3.8, 4) is 0 Å². The summed E-state index contributed by atoms with van der Waals surface area (Å²) in [6.07, 6.45) is 2.47. The zero-order chi connectivity index (χ0) is 28.8. The lowest BCUT2D eigenvalue weighted by Crippen LogP contribution is -2.05. The van der Waals surface area contributed by atoms with Crippen LogP contribution < -0.4 is 0 Å². The molecule has 0 spiro atoms. The molecule has 0 radical (unpaired) electrons. The lowest BCUT2D eigenvalue weighted by molar-refractivity contribution is 0.485. The van der Waals surface area contributed by atoms with Crippen LogP contribution in [0.2, 0.25) is 0 Å². The molecule has 0 heterocycles. The van der Waals surface area contributed by atoms with Crippen LogP contribution in [0.1, 0.15) is 134 Å². The van der Waals surface area contributed by atoms with Crippen LogP contribution in [0.3, 0.4) is 0 Å². The van der Waals surface area contributed by atoms with Gasteiger partial charge < -0.3 is 0 Å². The molecule has 0 bridgehead atoms. The summed E-state index contributed by atoms with van der Waals surface area (Å²) in [6, 6.07) is 26.8. The maximum Gasteiger partial charge on any atom is -0.0141 e. The van der Waals surface area contributed by atoms with Crippen molar-refractivity contribution in [3.63, 3.8) is 0 Å². The molecule has 0 heteroatoms. The highest BCUT2D eigenvalue weighted by atomic mass is 14.2. The van der Waals surface area contributed by atoms with Crippen LogP contribution in [0.25, 0.3) is 0 Å². The lowest BCUT2D eigenvalue weighted by Gasteiger charge is -2.19. The minimum absolute atomic E-state index is 0. The molecule has 0 aromatic heterocycles. The van der Waals surface area contributed by atoms with Crippen LogP contribution in [0.4, 0.5) is 0 Å². The van der Waals surface area contributed by atoms with Crippen molar-refractivity contribution in [2.45, 2.75) is 121 Å². The van der Waals surface area contributed by atoms with E-state index in [9.17, 15) is 0 Å². The SMILES string of the molecule is C.CCC(c1ccc(C)cc1)C(C)C.CCC(c1ccc(C)cc1)C(C)C.Cc1ccc(C(C)C(C)C)cc1. The molecule has 0 aliphatic heterocycles. The Balaban J connectivity index is 0.000000549. The predicted octanol–water partition coefficient (Wildman–Crippen LogP) is 12.7. The molecule has 3 aromatic rings.